The Morgan fingerprint density at radius 2 is 1.06 bits per heavy atom. The Balaban J connectivity index is 1.01. The second-order valence-electron chi connectivity index (χ2n) is 15.2. The zero-order valence-electron chi connectivity index (χ0n) is 28.0. The van der Waals surface area contributed by atoms with Crippen molar-refractivity contribution in [3.8, 4) is 0 Å². The lowest BCUT2D eigenvalue weighted by molar-refractivity contribution is -0.00518. The average Bonchev–Trinajstić information content (AvgIpc) is 3.52. The van der Waals surface area contributed by atoms with E-state index in [1.165, 1.54) is 103 Å². The van der Waals surface area contributed by atoms with Crippen molar-refractivity contribution < 1.29 is 0 Å². The molecule has 50 heavy (non-hydrogen) atoms. The van der Waals surface area contributed by atoms with Crippen molar-refractivity contribution in [2.24, 2.45) is 17.8 Å². The number of rotatable bonds is 5. The molecule has 4 aliphatic carbocycles. The van der Waals surface area contributed by atoms with Gasteiger partial charge in [0.05, 0.1) is 11.4 Å². The van der Waals surface area contributed by atoms with Crippen LogP contribution in [0.4, 0.5) is 34.1 Å². The summed E-state index contributed by atoms with van der Waals surface area (Å²) in [6.07, 6.45) is 8.63. The molecule has 1 aliphatic heterocycles. The van der Waals surface area contributed by atoms with E-state index in [0.717, 1.165) is 17.8 Å². The normalized spacial score (nSPS) is 23.3. The molecule has 0 saturated heterocycles. The van der Waals surface area contributed by atoms with Crippen LogP contribution in [-0.4, -0.2) is 0 Å². The van der Waals surface area contributed by atoms with Crippen molar-refractivity contribution in [3.63, 3.8) is 0 Å². The van der Waals surface area contributed by atoms with Gasteiger partial charge < -0.3 is 9.80 Å². The molecule has 1 aromatic heterocycles. The Kier molecular flexibility index (Phi) is 6.58. The molecular formula is C46H38N2S2. The van der Waals surface area contributed by atoms with Gasteiger partial charge in [-0.2, -0.15) is 0 Å². The van der Waals surface area contributed by atoms with E-state index in [1.54, 1.807) is 5.56 Å². The van der Waals surface area contributed by atoms with Gasteiger partial charge in [-0.05, 0) is 146 Å². The van der Waals surface area contributed by atoms with Crippen molar-refractivity contribution >= 4 is 77.4 Å². The molecule has 0 radical (unpaired) electrons. The number of anilines is 6. The number of benzene rings is 6. The summed E-state index contributed by atoms with van der Waals surface area (Å²) in [6, 6.07) is 52.4. The van der Waals surface area contributed by atoms with Crippen LogP contribution in [0.3, 0.4) is 0 Å². The zero-order chi connectivity index (χ0) is 32.8. The van der Waals surface area contributed by atoms with E-state index in [0.29, 0.717) is 5.41 Å². The molecule has 4 bridgehead atoms. The van der Waals surface area contributed by atoms with E-state index in [2.05, 4.69) is 149 Å². The van der Waals surface area contributed by atoms with Crippen LogP contribution in [0.2, 0.25) is 0 Å². The van der Waals surface area contributed by atoms with E-state index in [1.807, 2.05) is 23.1 Å². The maximum absolute atomic E-state index is 2.49. The second kappa shape index (κ2) is 11.2. The average molecular weight is 683 g/mol. The fourth-order valence-electron chi connectivity index (χ4n) is 10.5. The summed E-state index contributed by atoms with van der Waals surface area (Å²) in [4.78, 5) is 7.45. The number of nitrogens with zero attached hydrogens (tertiary/aromatic N) is 2. The summed E-state index contributed by atoms with van der Waals surface area (Å²) < 4.78 is 2.67. The van der Waals surface area contributed by atoms with Gasteiger partial charge in [-0.1, -0.05) is 72.4 Å². The van der Waals surface area contributed by atoms with E-state index in [9.17, 15) is 0 Å². The van der Waals surface area contributed by atoms with Crippen LogP contribution in [-0.2, 0) is 5.41 Å². The Bertz CT molecular complexity index is 2330. The molecular weight excluding hydrogens is 645 g/mol. The van der Waals surface area contributed by atoms with Gasteiger partial charge in [0.1, 0.15) is 0 Å². The molecule has 4 saturated carbocycles. The molecule has 5 aliphatic rings. The van der Waals surface area contributed by atoms with Crippen molar-refractivity contribution in [1.82, 2.24) is 0 Å². The highest BCUT2D eigenvalue weighted by Gasteiger charge is 2.51. The Morgan fingerprint density at radius 1 is 0.520 bits per heavy atom. The van der Waals surface area contributed by atoms with Crippen LogP contribution in [0, 0.1) is 17.8 Å². The highest BCUT2D eigenvalue weighted by Crippen LogP contribution is 2.61. The maximum atomic E-state index is 2.49. The van der Waals surface area contributed by atoms with Crippen molar-refractivity contribution in [1.29, 1.82) is 0 Å². The Labute approximate surface area is 302 Å². The van der Waals surface area contributed by atoms with Crippen LogP contribution >= 0.6 is 23.1 Å². The molecule has 4 fully saturated rings. The van der Waals surface area contributed by atoms with Gasteiger partial charge >= 0.3 is 0 Å². The number of fused-ring (bicyclic) bond motifs is 5. The van der Waals surface area contributed by atoms with Crippen LogP contribution in [0.15, 0.2) is 149 Å². The quantitative estimate of drug-likeness (QED) is 0.178. The lowest BCUT2D eigenvalue weighted by atomic mass is 9.48. The van der Waals surface area contributed by atoms with Crippen molar-refractivity contribution in [2.45, 2.75) is 53.7 Å². The largest absolute Gasteiger partial charge is 0.310 e. The lowest BCUT2D eigenvalue weighted by Crippen LogP contribution is -2.48. The minimum Gasteiger partial charge on any atom is -0.310 e. The van der Waals surface area contributed by atoms with Gasteiger partial charge in [0, 0.05) is 52.7 Å². The van der Waals surface area contributed by atoms with Crippen LogP contribution in [0.5, 0.6) is 0 Å². The fourth-order valence-corrected chi connectivity index (χ4v) is 12.7. The van der Waals surface area contributed by atoms with Crippen LogP contribution < -0.4 is 9.80 Å². The summed E-state index contributed by atoms with van der Waals surface area (Å²) in [5, 5.41) is 2.68. The second-order valence-corrected chi connectivity index (χ2v) is 17.4. The number of para-hydroxylation sites is 2. The van der Waals surface area contributed by atoms with E-state index < -0.39 is 0 Å². The molecule has 0 atom stereocenters. The van der Waals surface area contributed by atoms with Crippen molar-refractivity contribution in [3.05, 3.63) is 145 Å². The molecule has 4 heteroatoms. The van der Waals surface area contributed by atoms with E-state index in [4.69, 9.17) is 0 Å². The monoisotopic (exact) mass is 682 g/mol. The van der Waals surface area contributed by atoms with Crippen molar-refractivity contribution in [2.75, 3.05) is 9.80 Å². The Hall–Kier alpha value is -4.51. The first kappa shape index (κ1) is 29.2. The molecule has 0 N–H and O–H groups in total. The molecule has 244 valence electrons. The molecule has 0 spiro atoms. The van der Waals surface area contributed by atoms with Crippen LogP contribution in [0.25, 0.3) is 20.2 Å². The van der Waals surface area contributed by atoms with Gasteiger partial charge in [0.25, 0.3) is 0 Å². The first-order valence-corrected chi connectivity index (χ1v) is 19.9. The predicted molar refractivity (Wildman–Crippen MR) is 213 cm³/mol. The van der Waals surface area contributed by atoms with Gasteiger partial charge in [0.15, 0.2) is 0 Å². The van der Waals surface area contributed by atoms with E-state index in [-0.39, 0.29) is 0 Å². The number of hydrogen-bond acceptors (Lipinski definition) is 4. The molecule has 12 rings (SSSR count). The molecule has 2 nitrogen and oxygen atoms in total. The first-order valence-electron chi connectivity index (χ1n) is 18.3. The topological polar surface area (TPSA) is 6.48 Å². The molecule has 6 aromatic carbocycles. The van der Waals surface area contributed by atoms with E-state index >= 15 is 0 Å². The third-order valence-corrected chi connectivity index (χ3v) is 14.5. The minimum atomic E-state index is 0.398. The van der Waals surface area contributed by atoms with Gasteiger partial charge in [-0.25, -0.2) is 0 Å². The molecule has 2 heterocycles. The fraction of sp³-hybridized carbons (Fsp3) is 0.217. The summed E-state index contributed by atoms with van der Waals surface area (Å²) in [7, 11) is 0. The minimum absolute atomic E-state index is 0.398. The van der Waals surface area contributed by atoms with Crippen LogP contribution in [0.1, 0.15) is 44.1 Å². The first-order chi connectivity index (χ1) is 24.7. The standard InChI is InChI=1S/C46H38N2S2/c1-4-10-42-38(7-1)39-22-21-37(26-45(39)49-42)47(34-15-13-33(14-16-34)46-27-30-23-31(28-46)25-32(24-30)29-46)35-17-19-36(20-18-35)48-40-8-2-5-11-43(40)50-44-12-6-3-9-41(44)48/h1-22,26,30-32H,23-25,27-29H2. The molecule has 7 aromatic rings. The molecule has 0 amide bonds. The summed E-state index contributed by atoms with van der Waals surface area (Å²) in [5.74, 6) is 2.84. The predicted octanol–water partition coefficient (Wildman–Crippen LogP) is 13.9. The smallest absolute Gasteiger partial charge is 0.0601 e. The maximum Gasteiger partial charge on any atom is 0.0601 e. The zero-order valence-corrected chi connectivity index (χ0v) is 29.6. The SMILES string of the molecule is c1ccc2c(c1)Sc1ccccc1N2c1ccc(N(c2ccc(C34CC5CC(CC(C5)C3)C4)cc2)c2ccc3c(c2)sc2ccccc23)cc1. The molecule has 0 unspecified atom stereocenters. The third-order valence-electron chi connectivity index (χ3n) is 12.2. The van der Waals surface area contributed by atoms with Gasteiger partial charge in [-0.3, -0.25) is 0 Å². The number of hydrogen-bond donors (Lipinski definition) is 0. The number of thiophene rings is 1. The Morgan fingerprint density at radius 3 is 1.72 bits per heavy atom. The highest BCUT2D eigenvalue weighted by atomic mass is 32.2. The summed E-state index contributed by atoms with van der Waals surface area (Å²) in [6.45, 7) is 0. The highest BCUT2D eigenvalue weighted by molar-refractivity contribution is 7.99. The summed E-state index contributed by atoms with van der Waals surface area (Å²) in [5.41, 5.74) is 9.20. The third kappa shape index (κ3) is 4.61. The van der Waals surface area contributed by atoms with Gasteiger partial charge in [-0.15, -0.1) is 11.3 Å². The summed E-state index contributed by atoms with van der Waals surface area (Å²) >= 11 is 3.75. The lowest BCUT2D eigenvalue weighted by Gasteiger charge is -2.57. The van der Waals surface area contributed by atoms with Gasteiger partial charge in [0.2, 0.25) is 0 Å².